The molecule has 0 unspecified atom stereocenters. The van der Waals surface area contributed by atoms with Crippen molar-refractivity contribution in [1.29, 1.82) is 0 Å². The quantitative estimate of drug-likeness (QED) is 0.577. The predicted octanol–water partition coefficient (Wildman–Crippen LogP) is 3.86. The molecule has 7 nitrogen and oxygen atoms in total. The molecule has 32 heavy (non-hydrogen) atoms. The zero-order valence-electron chi connectivity index (χ0n) is 18.6. The van der Waals surface area contributed by atoms with E-state index in [4.69, 9.17) is 16.3 Å². The van der Waals surface area contributed by atoms with Crippen molar-refractivity contribution < 1.29 is 9.13 Å². The Kier molecular flexibility index (Phi) is 6.93. The third-order valence-corrected chi connectivity index (χ3v) is 5.98. The number of likely N-dealkylation sites (N-methyl/N-ethyl adjacent to an activating group) is 1. The van der Waals surface area contributed by atoms with Gasteiger partial charge in [-0.15, -0.1) is 0 Å². The van der Waals surface area contributed by atoms with Crippen LogP contribution in [-0.4, -0.2) is 80.2 Å². The topological polar surface area (TPSA) is 56.8 Å². The summed E-state index contributed by atoms with van der Waals surface area (Å²) in [6.45, 7) is 6.02. The zero-order chi connectivity index (χ0) is 22.7. The molecule has 0 spiro atoms. The van der Waals surface area contributed by atoms with Gasteiger partial charge >= 0.3 is 0 Å². The first kappa shape index (κ1) is 22.5. The van der Waals surface area contributed by atoms with Crippen LogP contribution in [0.2, 0.25) is 5.02 Å². The van der Waals surface area contributed by atoms with Crippen molar-refractivity contribution >= 4 is 39.7 Å². The Hall–Kier alpha value is -2.68. The average molecular weight is 459 g/mol. The Morgan fingerprint density at radius 2 is 1.91 bits per heavy atom. The fourth-order valence-electron chi connectivity index (χ4n) is 3.85. The SMILES string of the molecule is COc1cc2c(Nc3ccc(F)c(Cl)c3)ncnc2cc1N1CCN(CCN(C)C)CC1. The van der Waals surface area contributed by atoms with E-state index in [0.29, 0.717) is 11.5 Å². The summed E-state index contributed by atoms with van der Waals surface area (Å²) in [5, 5.41) is 4.08. The first-order chi connectivity index (χ1) is 15.4. The number of nitrogens with one attached hydrogen (secondary N) is 1. The number of fused-ring (bicyclic) bond motifs is 1. The minimum atomic E-state index is -0.460. The lowest BCUT2D eigenvalue weighted by molar-refractivity contribution is 0.229. The van der Waals surface area contributed by atoms with Crippen LogP contribution in [0.4, 0.5) is 21.6 Å². The fraction of sp³-hybridized carbons (Fsp3) is 0.391. The minimum absolute atomic E-state index is 0.0537. The largest absolute Gasteiger partial charge is 0.495 e. The molecule has 170 valence electrons. The van der Waals surface area contributed by atoms with Crippen LogP contribution in [-0.2, 0) is 0 Å². The van der Waals surface area contributed by atoms with Gasteiger partial charge in [0.25, 0.3) is 0 Å². The molecular weight excluding hydrogens is 431 g/mol. The third kappa shape index (κ3) is 5.03. The second-order valence-corrected chi connectivity index (χ2v) is 8.56. The van der Waals surface area contributed by atoms with Crippen LogP contribution in [0, 0.1) is 5.82 Å². The summed E-state index contributed by atoms with van der Waals surface area (Å²) in [6, 6.07) is 8.48. The number of ether oxygens (including phenoxy) is 1. The van der Waals surface area contributed by atoms with Gasteiger partial charge in [-0.25, -0.2) is 14.4 Å². The molecule has 1 fully saturated rings. The van der Waals surface area contributed by atoms with Crippen molar-refractivity contribution in [3.05, 3.63) is 47.5 Å². The maximum absolute atomic E-state index is 13.5. The molecule has 0 saturated carbocycles. The second-order valence-electron chi connectivity index (χ2n) is 8.15. The van der Waals surface area contributed by atoms with Crippen LogP contribution in [0.1, 0.15) is 0 Å². The van der Waals surface area contributed by atoms with E-state index in [1.165, 1.54) is 18.5 Å². The van der Waals surface area contributed by atoms with Crippen molar-refractivity contribution in [2.75, 3.05) is 70.7 Å². The molecule has 0 radical (unpaired) electrons. The lowest BCUT2D eigenvalue weighted by atomic mass is 10.1. The van der Waals surface area contributed by atoms with Gasteiger partial charge in [0.05, 0.1) is 23.3 Å². The van der Waals surface area contributed by atoms with E-state index in [1.807, 2.05) is 12.1 Å². The van der Waals surface area contributed by atoms with Gasteiger partial charge in [0.2, 0.25) is 0 Å². The summed E-state index contributed by atoms with van der Waals surface area (Å²) in [6.07, 6.45) is 1.52. The van der Waals surface area contributed by atoms with Gasteiger partial charge in [0, 0.05) is 50.3 Å². The standard InChI is InChI=1S/C23H28ClFN6O/c1-29(2)6-7-30-8-10-31(11-9-30)21-14-20-17(13-22(21)32-3)23(27-15-26-20)28-16-4-5-19(25)18(24)12-16/h4-5,12-15H,6-11H2,1-3H3,(H,26,27,28). The molecule has 1 aromatic heterocycles. The highest BCUT2D eigenvalue weighted by molar-refractivity contribution is 6.31. The minimum Gasteiger partial charge on any atom is -0.495 e. The van der Waals surface area contributed by atoms with E-state index in [-0.39, 0.29) is 5.02 Å². The summed E-state index contributed by atoms with van der Waals surface area (Å²) in [4.78, 5) is 15.9. The highest BCUT2D eigenvalue weighted by Crippen LogP contribution is 2.36. The Morgan fingerprint density at radius 3 is 2.59 bits per heavy atom. The van der Waals surface area contributed by atoms with Crippen LogP contribution < -0.4 is 15.0 Å². The molecule has 0 bridgehead atoms. The molecule has 0 amide bonds. The predicted molar refractivity (Wildman–Crippen MR) is 128 cm³/mol. The summed E-state index contributed by atoms with van der Waals surface area (Å²) in [5.74, 6) is 0.920. The first-order valence-electron chi connectivity index (χ1n) is 10.6. The van der Waals surface area contributed by atoms with Crippen molar-refractivity contribution in [2.24, 2.45) is 0 Å². The highest BCUT2D eigenvalue weighted by Gasteiger charge is 2.21. The van der Waals surface area contributed by atoms with E-state index in [1.54, 1.807) is 13.2 Å². The molecule has 1 saturated heterocycles. The normalized spacial score (nSPS) is 14.9. The number of aromatic nitrogens is 2. The van der Waals surface area contributed by atoms with Crippen LogP contribution in [0.15, 0.2) is 36.7 Å². The summed E-state index contributed by atoms with van der Waals surface area (Å²) >= 11 is 5.92. The maximum Gasteiger partial charge on any atom is 0.143 e. The number of methoxy groups -OCH3 is 1. The summed E-state index contributed by atoms with van der Waals surface area (Å²) in [5.41, 5.74) is 2.48. The average Bonchev–Trinajstić information content (AvgIpc) is 2.80. The monoisotopic (exact) mass is 458 g/mol. The van der Waals surface area contributed by atoms with E-state index in [9.17, 15) is 4.39 Å². The van der Waals surface area contributed by atoms with Gasteiger partial charge in [0.15, 0.2) is 0 Å². The molecule has 2 heterocycles. The smallest absolute Gasteiger partial charge is 0.143 e. The van der Waals surface area contributed by atoms with Gasteiger partial charge in [-0.3, -0.25) is 4.90 Å². The second kappa shape index (κ2) is 9.85. The summed E-state index contributed by atoms with van der Waals surface area (Å²) < 4.78 is 19.2. The molecule has 9 heteroatoms. The van der Waals surface area contributed by atoms with Crippen LogP contribution in [0.3, 0.4) is 0 Å². The molecule has 1 N–H and O–H groups in total. The number of rotatable bonds is 7. The van der Waals surface area contributed by atoms with Crippen LogP contribution in [0.25, 0.3) is 10.9 Å². The van der Waals surface area contributed by atoms with Crippen molar-refractivity contribution in [3.8, 4) is 5.75 Å². The van der Waals surface area contributed by atoms with E-state index < -0.39 is 5.82 Å². The van der Waals surface area contributed by atoms with Gasteiger partial charge in [-0.2, -0.15) is 0 Å². The molecule has 1 aliphatic rings. The van der Waals surface area contributed by atoms with E-state index >= 15 is 0 Å². The Bertz CT molecular complexity index is 1090. The van der Waals surface area contributed by atoms with Crippen LogP contribution in [0.5, 0.6) is 5.75 Å². The number of hydrogen-bond acceptors (Lipinski definition) is 7. The zero-order valence-corrected chi connectivity index (χ0v) is 19.4. The molecule has 3 aromatic rings. The lowest BCUT2D eigenvalue weighted by Gasteiger charge is -2.37. The molecule has 0 aliphatic carbocycles. The Balaban J connectivity index is 1.57. The molecule has 0 atom stereocenters. The van der Waals surface area contributed by atoms with Crippen LogP contribution >= 0.6 is 11.6 Å². The van der Waals surface area contributed by atoms with E-state index in [0.717, 1.165) is 61.6 Å². The maximum atomic E-state index is 13.5. The van der Waals surface area contributed by atoms with Crippen molar-refractivity contribution in [2.45, 2.75) is 0 Å². The third-order valence-electron chi connectivity index (χ3n) is 5.69. The summed E-state index contributed by atoms with van der Waals surface area (Å²) in [7, 11) is 5.88. The number of benzene rings is 2. The number of piperazine rings is 1. The highest BCUT2D eigenvalue weighted by atomic mass is 35.5. The number of halogens is 2. The van der Waals surface area contributed by atoms with Crippen molar-refractivity contribution in [3.63, 3.8) is 0 Å². The molecule has 2 aromatic carbocycles. The number of anilines is 3. The molecule has 4 rings (SSSR count). The molecule has 1 aliphatic heterocycles. The Labute approximate surface area is 192 Å². The Morgan fingerprint density at radius 1 is 1.12 bits per heavy atom. The van der Waals surface area contributed by atoms with Gasteiger partial charge in [0.1, 0.15) is 23.7 Å². The van der Waals surface area contributed by atoms with Gasteiger partial charge in [-0.05, 0) is 44.4 Å². The molecular formula is C23H28ClFN6O. The lowest BCUT2D eigenvalue weighted by Crippen LogP contribution is -2.48. The van der Waals surface area contributed by atoms with Gasteiger partial charge in [-0.1, -0.05) is 11.6 Å². The number of nitrogens with zero attached hydrogens (tertiary/aromatic N) is 5. The first-order valence-corrected chi connectivity index (χ1v) is 11.0. The van der Waals surface area contributed by atoms with Gasteiger partial charge < -0.3 is 19.9 Å². The van der Waals surface area contributed by atoms with Crippen molar-refractivity contribution in [1.82, 2.24) is 19.8 Å². The number of hydrogen-bond donors (Lipinski definition) is 1. The fourth-order valence-corrected chi connectivity index (χ4v) is 4.03. The van der Waals surface area contributed by atoms with E-state index in [2.05, 4.69) is 44.1 Å².